The van der Waals surface area contributed by atoms with E-state index in [2.05, 4.69) is 84.2 Å². The highest BCUT2D eigenvalue weighted by Crippen LogP contribution is 2.18. The second-order valence-corrected chi connectivity index (χ2v) is 6.58. The summed E-state index contributed by atoms with van der Waals surface area (Å²) in [6, 6.07) is 17.7. The first-order chi connectivity index (χ1) is 11.7. The predicted molar refractivity (Wildman–Crippen MR) is 102 cm³/mol. The van der Waals surface area contributed by atoms with Gasteiger partial charge in [-0.3, -0.25) is 0 Å². The minimum atomic E-state index is 0.463. The zero-order valence-electron chi connectivity index (χ0n) is 14.6. The van der Waals surface area contributed by atoms with Gasteiger partial charge in [0.25, 0.3) is 0 Å². The smallest absolute Gasteiger partial charge is 0.0456 e. The Kier molecular flexibility index (Phi) is 5.68. The lowest BCUT2D eigenvalue weighted by atomic mass is 10.1. The Balaban J connectivity index is 1.38. The fourth-order valence-electron chi connectivity index (χ4n) is 3.05. The summed E-state index contributed by atoms with van der Waals surface area (Å²) in [6.45, 7) is 7.26. The van der Waals surface area contributed by atoms with E-state index in [1.165, 1.54) is 27.6 Å². The van der Waals surface area contributed by atoms with Gasteiger partial charge < -0.3 is 15.6 Å². The van der Waals surface area contributed by atoms with Crippen LogP contribution >= 0.6 is 0 Å². The van der Waals surface area contributed by atoms with E-state index in [0.717, 1.165) is 26.1 Å². The van der Waals surface area contributed by atoms with Crippen molar-refractivity contribution in [2.75, 3.05) is 13.1 Å². The Morgan fingerprint density at radius 2 is 1.79 bits per heavy atom. The highest BCUT2D eigenvalue weighted by Gasteiger charge is 2.07. The number of H-pyrrole nitrogens is 1. The second kappa shape index (κ2) is 8.13. The number of hydrogen-bond acceptors (Lipinski definition) is 2. The number of rotatable bonds is 8. The fraction of sp³-hybridized carbons (Fsp3) is 0.333. The highest BCUT2D eigenvalue weighted by molar-refractivity contribution is 5.83. The third kappa shape index (κ3) is 4.47. The summed E-state index contributed by atoms with van der Waals surface area (Å²) in [4.78, 5) is 3.35. The molecule has 24 heavy (non-hydrogen) atoms. The molecule has 0 aliphatic heterocycles. The van der Waals surface area contributed by atoms with E-state index in [-0.39, 0.29) is 0 Å². The molecule has 3 nitrogen and oxygen atoms in total. The number of para-hydroxylation sites is 1. The molecule has 0 aliphatic rings. The molecule has 0 saturated carbocycles. The number of aryl methyl sites for hydroxylation is 1. The molecule has 126 valence electrons. The van der Waals surface area contributed by atoms with Crippen LogP contribution in [0.25, 0.3) is 10.9 Å². The lowest BCUT2D eigenvalue weighted by Crippen LogP contribution is -2.34. The second-order valence-electron chi connectivity index (χ2n) is 6.58. The Morgan fingerprint density at radius 1 is 1.00 bits per heavy atom. The van der Waals surface area contributed by atoms with Crippen molar-refractivity contribution in [1.82, 2.24) is 15.6 Å². The van der Waals surface area contributed by atoms with Gasteiger partial charge in [0.1, 0.15) is 0 Å². The number of hydrogen-bond donors (Lipinski definition) is 3. The molecule has 3 aromatic rings. The van der Waals surface area contributed by atoms with Gasteiger partial charge in [-0.25, -0.2) is 0 Å². The van der Waals surface area contributed by atoms with Crippen LogP contribution in [-0.2, 0) is 13.0 Å². The first kappa shape index (κ1) is 16.7. The van der Waals surface area contributed by atoms with Gasteiger partial charge in [-0.2, -0.15) is 0 Å². The summed E-state index contributed by atoms with van der Waals surface area (Å²) in [5.74, 6) is 0. The van der Waals surface area contributed by atoms with Crippen LogP contribution in [-0.4, -0.2) is 24.1 Å². The minimum absolute atomic E-state index is 0.463. The van der Waals surface area contributed by atoms with Gasteiger partial charge in [0, 0.05) is 42.8 Å². The topological polar surface area (TPSA) is 39.8 Å². The van der Waals surface area contributed by atoms with Crippen molar-refractivity contribution >= 4 is 10.9 Å². The van der Waals surface area contributed by atoms with Gasteiger partial charge in [-0.05, 0) is 37.5 Å². The summed E-state index contributed by atoms with van der Waals surface area (Å²) in [5, 5.41) is 8.44. The zero-order valence-corrected chi connectivity index (χ0v) is 14.6. The number of nitrogens with one attached hydrogen (secondary N) is 3. The molecular formula is C21H27N3. The van der Waals surface area contributed by atoms with E-state index in [4.69, 9.17) is 0 Å². The van der Waals surface area contributed by atoms with Crippen LogP contribution in [0.4, 0.5) is 0 Å². The van der Waals surface area contributed by atoms with E-state index in [1.54, 1.807) is 0 Å². The zero-order chi connectivity index (χ0) is 16.8. The van der Waals surface area contributed by atoms with E-state index in [0.29, 0.717) is 6.04 Å². The van der Waals surface area contributed by atoms with Crippen molar-refractivity contribution in [1.29, 1.82) is 0 Å². The van der Waals surface area contributed by atoms with E-state index in [9.17, 15) is 0 Å². The number of aromatic amines is 1. The van der Waals surface area contributed by atoms with Crippen molar-refractivity contribution in [3.63, 3.8) is 0 Å². The summed E-state index contributed by atoms with van der Waals surface area (Å²) >= 11 is 0. The molecule has 1 atom stereocenters. The lowest BCUT2D eigenvalue weighted by Gasteiger charge is -2.14. The van der Waals surface area contributed by atoms with Crippen LogP contribution in [0.1, 0.15) is 23.6 Å². The molecule has 1 aromatic heterocycles. The summed E-state index contributed by atoms with van der Waals surface area (Å²) in [6.07, 6.45) is 3.18. The molecule has 0 radical (unpaired) electrons. The molecule has 2 aromatic carbocycles. The molecule has 1 unspecified atom stereocenters. The SMILES string of the molecule is Cc1ccc(CNCCNC(C)Cc2c[nH]c3ccccc23)cc1. The van der Waals surface area contributed by atoms with Gasteiger partial charge in [0.2, 0.25) is 0 Å². The van der Waals surface area contributed by atoms with Crippen LogP contribution in [0, 0.1) is 6.92 Å². The van der Waals surface area contributed by atoms with Crippen molar-refractivity contribution in [2.24, 2.45) is 0 Å². The Labute approximate surface area is 144 Å². The molecule has 0 amide bonds. The van der Waals surface area contributed by atoms with E-state index in [1.807, 2.05) is 0 Å². The summed E-state index contributed by atoms with van der Waals surface area (Å²) < 4.78 is 0. The Bertz CT molecular complexity index is 758. The number of benzene rings is 2. The van der Waals surface area contributed by atoms with Gasteiger partial charge in [-0.15, -0.1) is 0 Å². The van der Waals surface area contributed by atoms with Crippen LogP contribution in [0.15, 0.2) is 54.7 Å². The molecule has 3 heteroatoms. The van der Waals surface area contributed by atoms with Crippen LogP contribution in [0.5, 0.6) is 0 Å². The summed E-state index contributed by atoms with van der Waals surface area (Å²) in [5.41, 5.74) is 5.26. The molecular weight excluding hydrogens is 294 g/mol. The summed E-state index contributed by atoms with van der Waals surface area (Å²) in [7, 11) is 0. The average Bonchev–Trinajstić information content (AvgIpc) is 2.99. The first-order valence-electron chi connectivity index (χ1n) is 8.77. The lowest BCUT2D eigenvalue weighted by molar-refractivity contribution is 0.526. The normalized spacial score (nSPS) is 12.6. The van der Waals surface area contributed by atoms with Gasteiger partial charge in [-0.1, -0.05) is 48.0 Å². The fourth-order valence-corrected chi connectivity index (χ4v) is 3.05. The monoisotopic (exact) mass is 321 g/mol. The molecule has 0 fully saturated rings. The van der Waals surface area contributed by atoms with Crippen molar-refractivity contribution in [3.05, 3.63) is 71.4 Å². The van der Waals surface area contributed by atoms with Gasteiger partial charge in [0.05, 0.1) is 0 Å². The molecule has 0 bridgehead atoms. The Morgan fingerprint density at radius 3 is 2.62 bits per heavy atom. The average molecular weight is 321 g/mol. The first-order valence-corrected chi connectivity index (χ1v) is 8.77. The largest absolute Gasteiger partial charge is 0.361 e. The minimum Gasteiger partial charge on any atom is -0.361 e. The van der Waals surface area contributed by atoms with Crippen molar-refractivity contribution < 1.29 is 0 Å². The van der Waals surface area contributed by atoms with Crippen molar-refractivity contribution in [3.8, 4) is 0 Å². The van der Waals surface area contributed by atoms with Crippen molar-refractivity contribution in [2.45, 2.75) is 32.9 Å². The third-order valence-corrected chi connectivity index (χ3v) is 4.45. The predicted octanol–water partition coefficient (Wildman–Crippen LogP) is 3.79. The molecule has 3 N–H and O–H groups in total. The van der Waals surface area contributed by atoms with Gasteiger partial charge >= 0.3 is 0 Å². The highest BCUT2D eigenvalue weighted by atomic mass is 15.0. The maximum absolute atomic E-state index is 3.60. The Hall–Kier alpha value is -2.10. The maximum Gasteiger partial charge on any atom is 0.0456 e. The quantitative estimate of drug-likeness (QED) is 0.553. The number of aromatic nitrogens is 1. The molecule has 0 spiro atoms. The third-order valence-electron chi connectivity index (χ3n) is 4.45. The molecule has 0 aliphatic carbocycles. The number of fused-ring (bicyclic) bond motifs is 1. The molecule has 0 saturated heterocycles. The van der Waals surface area contributed by atoms with Crippen LogP contribution in [0.3, 0.4) is 0 Å². The van der Waals surface area contributed by atoms with Crippen LogP contribution in [0.2, 0.25) is 0 Å². The molecule has 1 heterocycles. The molecule has 3 rings (SSSR count). The maximum atomic E-state index is 3.60. The van der Waals surface area contributed by atoms with Crippen LogP contribution < -0.4 is 10.6 Å². The van der Waals surface area contributed by atoms with E-state index >= 15 is 0 Å². The van der Waals surface area contributed by atoms with Gasteiger partial charge in [0.15, 0.2) is 0 Å². The standard InChI is InChI=1S/C21H27N3/c1-16-7-9-18(10-8-16)14-22-11-12-23-17(2)13-19-15-24-21-6-4-3-5-20(19)21/h3-10,15,17,22-24H,11-14H2,1-2H3. The van der Waals surface area contributed by atoms with E-state index < -0.39 is 0 Å².